The van der Waals surface area contributed by atoms with Gasteiger partial charge in [0.25, 0.3) is 0 Å². The van der Waals surface area contributed by atoms with E-state index >= 15 is 0 Å². The van der Waals surface area contributed by atoms with Gasteiger partial charge in [0.1, 0.15) is 16.8 Å². The van der Waals surface area contributed by atoms with Crippen molar-refractivity contribution in [1.82, 2.24) is 30.4 Å². The Balaban J connectivity index is 1.47. The van der Waals surface area contributed by atoms with Crippen molar-refractivity contribution >= 4 is 64.7 Å². The SMILES string of the molecule is NCC(=O)N(c1ccc(NC(N)=O)cc1)C1C(=O)N2CC(CSc3nnnn3CCNC(N)=O)(C(=O)O)CS[C@H]12. The lowest BCUT2D eigenvalue weighted by Gasteiger charge is -2.56. The molecule has 2 fully saturated rings. The molecule has 4 rings (SSSR count). The predicted octanol–water partition coefficient (Wildman–Crippen LogP) is -1.73. The molecule has 40 heavy (non-hydrogen) atoms. The molecule has 3 atom stereocenters. The first kappa shape index (κ1) is 28.9. The third-order valence-electron chi connectivity index (χ3n) is 6.30. The lowest BCUT2D eigenvalue weighted by molar-refractivity contribution is -0.156. The molecule has 17 nitrogen and oxygen atoms in total. The van der Waals surface area contributed by atoms with Crippen molar-refractivity contribution in [2.75, 3.05) is 41.4 Å². The zero-order valence-electron chi connectivity index (χ0n) is 20.9. The second-order valence-corrected chi connectivity index (χ2v) is 11.0. The van der Waals surface area contributed by atoms with Gasteiger partial charge < -0.3 is 37.8 Å². The number of anilines is 2. The van der Waals surface area contributed by atoms with Crippen LogP contribution < -0.4 is 32.7 Å². The number of rotatable bonds is 11. The smallest absolute Gasteiger partial charge is 0.316 e. The van der Waals surface area contributed by atoms with Crippen molar-refractivity contribution in [1.29, 1.82) is 0 Å². The number of aliphatic carboxylic acids is 1. The number of thioether (sulfide) groups is 2. The van der Waals surface area contributed by atoms with E-state index in [1.165, 1.54) is 38.4 Å². The van der Waals surface area contributed by atoms with E-state index in [9.17, 15) is 29.1 Å². The minimum atomic E-state index is -1.31. The zero-order valence-corrected chi connectivity index (χ0v) is 22.6. The van der Waals surface area contributed by atoms with Gasteiger partial charge in [0.2, 0.25) is 17.0 Å². The second kappa shape index (κ2) is 12.0. The number of aromatic nitrogens is 4. The van der Waals surface area contributed by atoms with Crippen LogP contribution in [-0.4, -0.2) is 103 Å². The monoisotopic (exact) mass is 593 g/mol. The Morgan fingerprint density at radius 1 is 1.20 bits per heavy atom. The van der Waals surface area contributed by atoms with Crippen molar-refractivity contribution in [3.8, 4) is 0 Å². The lowest BCUT2D eigenvalue weighted by Crippen LogP contribution is -2.75. The maximum absolute atomic E-state index is 13.3. The second-order valence-electron chi connectivity index (χ2n) is 8.97. The maximum atomic E-state index is 13.3. The van der Waals surface area contributed by atoms with E-state index in [2.05, 4.69) is 26.2 Å². The van der Waals surface area contributed by atoms with Crippen molar-refractivity contribution in [2.45, 2.75) is 23.1 Å². The molecule has 1 aromatic heterocycles. The molecule has 6 amide bonds. The van der Waals surface area contributed by atoms with Gasteiger partial charge in [0.05, 0.1) is 13.1 Å². The van der Waals surface area contributed by atoms with E-state index in [1.54, 1.807) is 12.1 Å². The first-order chi connectivity index (χ1) is 19.1. The summed E-state index contributed by atoms with van der Waals surface area (Å²) >= 11 is 2.39. The number of carboxylic acids is 1. The number of carbonyl (C=O) groups is 5. The minimum absolute atomic E-state index is 0.0693. The van der Waals surface area contributed by atoms with Gasteiger partial charge in [0.15, 0.2) is 0 Å². The van der Waals surface area contributed by atoms with Gasteiger partial charge in [-0.25, -0.2) is 14.3 Å². The van der Waals surface area contributed by atoms with Crippen LogP contribution in [-0.2, 0) is 20.9 Å². The number of nitrogens with two attached hydrogens (primary N) is 3. The Morgan fingerprint density at radius 2 is 1.93 bits per heavy atom. The van der Waals surface area contributed by atoms with Crippen LogP contribution in [0.5, 0.6) is 0 Å². The molecule has 2 unspecified atom stereocenters. The normalized spacial score (nSPS) is 21.6. The van der Waals surface area contributed by atoms with Crippen LogP contribution in [0.1, 0.15) is 0 Å². The summed E-state index contributed by atoms with van der Waals surface area (Å²) < 4.78 is 1.42. The molecule has 9 N–H and O–H groups in total. The standard InChI is InChI=1S/C21H27N11O6S2/c22-7-13(33)32(12-3-1-11(2-4-12)26-19(24)38)14-15(34)30-8-21(17(35)36,9-39-16(14)30)10-40-20-27-28-29-31(20)6-5-25-18(23)37/h1-4,14,16H,5-10,22H2,(H,35,36)(H3,23,25,37)(H3,24,26,38)/t14?,16-,21?/m1/s1. The summed E-state index contributed by atoms with van der Waals surface area (Å²) in [5.74, 6) is -1.74. The molecule has 3 heterocycles. The van der Waals surface area contributed by atoms with Crippen LogP contribution in [0, 0.1) is 5.41 Å². The molecule has 0 bridgehead atoms. The van der Waals surface area contributed by atoms with Gasteiger partial charge in [0, 0.05) is 36.0 Å². The van der Waals surface area contributed by atoms with E-state index in [-0.39, 0.29) is 37.7 Å². The number of fused-ring (bicyclic) bond motifs is 1. The molecule has 19 heteroatoms. The van der Waals surface area contributed by atoms with E-state index in [4.69, 9.17) is 17.2 Å². The van der Waals surface area contributed by atoms with Crippen molar-refractivity contribution in [3.63, 3.8) is 0 Å². The predicted molar refractivity (Wildman–Crippen MR) is 144 cm³/mol. The number of nitrogens with one attached hydrogen (secondary N) is 2. The van der Waals surface area contributed by atoms with Crippen LogP contribution in [0.15, 0.2) is 29.4 Å². The Morgan fingerprint density at radius 3 is 2.55 bits per heavy atom. The molecule has 1 aromatic carbocycles. The summed E-state index contributed by atoms with van der Waals surface area (Å²) in [4.78, 5) is 63.4. The van der Waals surface area contributed by atoms with E-state index in [1.807, 2.05) is 0 Å². The Kier molecular flexibility index (Phi) is 8.64. The fraction of sp³-hybridized carbons (Fsp3) is 0.429. The number of carbonyl (C=O) groups excluding carboxylic acids is 4. The molecule has 0 aliphatic carbocycles. The van der Waals surface area contributed by atoms with E-state index < -0.39 is 46.7 Å². The van der Waals surface area contributed by atoms with Crippen LogP contribution in [0.3, 0.4) is 0 Å². The van der Waals surface area contributed by atoms with Crippen molar-refractivity contribution < 1.29 is 29.1 Å². The average molecular weight is 594 g/mol. The number of β-lactam (4-membered cyclic amide) rings is 1. The van der Waals surface area contributed by atoms with Gasteiger partial charge in [-0.3, -0.25) is 19.3 Å². The van der Waals surface area contributed by atoms with Crippen LogP contribution in [0.4, 0.5) is 21.0 Å². The number of hydrogen-bond donors (Lipinski definition) is 6. The first-order valence-corrected chi connectivity index (χ1v) is 13.9. The van der Waals surface area contributed by atoms with Gasteiger partial charge in [-0.1, -0.05) is 11.8 Å². The highest BCUT2D eigenvalue weighted by Crippen LogP contribution is 2.46. The van der Waals surface area contributed by atoms with Gasteiger partial charge in [-0.15, -0.1) is 16.9 Å². The van der Waals surface area contributed by atoms with Crippen molar-refractivity contribution in [3.05, 3.63) is 24.3 Å². The van der Waals surface area contributed by atoms with Crippen LogP contribution in [0.25, 0.3) is 0 Å². The lowest BCUT2D eigenvalue weighted by atomic mass is 9.89. The van der Waals surface area contributed by atoms with Gasteiger partial charge in [-0.05, 0) is 34.7 Å². The summed E-state index contributed by atoms with van der Waals surface area (Å²) in [6.07, 6.45) is 0. The Labute approximate surface area is 235 Å². The molecule has 2 aliphatic rings. The molecular formula is C21H27N11O6S2. The molecule has 2 aliphatic heterocycles. The number of nitrogens with zero attached hydrogens (tertiary/aromatic N) is 6. The van der Waals surface area contributed by atoms with Crippen LogP contribution in [0.2, 0.25) is 0 Å². The molecule has 0 spiro atoms. The molecule has 2 saturated heterocycles. The van der Waals surface area contributed by atoms with E-state index in [0.717, 1.165) is 11.8 Å². The number of urea groups is 2. The molecule has 0 saturated carbocycles. The number of tetrazole rings is 1. The summed E-state index contributed by atoms with van der Waals surface area (Å²) in [7, 11) is 0. The molecular weight excluding hydrogens is 566 g/mol. The third kappa shape index (κ3) is 5.89. The summed E-state index contributed by atoms with van der Waals surface area (Å²) in [6.45, 7) is -0.00522. The number of primary amides is 2. The fourth-order valence-corrected chi connectivity index (χ4v) is 7.13. The van der Waals surface area contributed by atoms with Crippen LogP contribution >= 0.6 is 23.5 Å². The highest BCUT2D eigenvalue weighted by molar-refractivity contribution is 8.00. The fourth-order valence-electron chi connectivity index (χ4n) is 4.32. The number of carboxylic acid groups (broad SMARTS) is 1. The highest BCUT2D eigenvalue weighted by atomic mass is 32.2. The minimum Gasteiger partial charge on any atom is -0.481 e. The number of hydrogen-bond acceptors (Lipinski definition) is 11. The Hall–Kier alpha value is -4.10. The summed E-state index contributed by atoms with van der Waals surface area (Å²) in [5, 5.41) is 26.3. The van der Waals surface area contributed by atoms with Crippen molar-refractivity contribution in [2.24, 2.45) is 22.6 Å². The van der Waals surface area contributed by atoms with Gasteiger partial charge >= 0.3 is 18.0 Å². The maximum Gasteiger partial charge on any atom is 0.316 e. The largest absolute Gasteiger partial charge is 0.481 e. The topological polar surface area (TPSA) is 258 Å². The van der Waals surface area contributed by atoms with Gasteiger partial charge in [-0.2, -0.15) is 0 Å². The molecule has 0 radical (unpaired) electrons. The average Bonchev–Trinajstić information content (AvgIpc) is 3.37. The summed E-state index contributed by atoms with van der Waals surface area (Å²) in [5.41, 5.74) is 15.3. The Bertz CT molecular complexity index is 1310. The molecule has 2 aromatic rings. The zero-order chi connectivity index (χ0) is 29.0. The highest BCUT2D eigenvalue weighted by Gasteiger charge is 2.59. The van der Waals surface area contributed by atoms with E-state index in [0.29, 0.717) is 16.5 Å². The quantitative estimate of drug-likeness (QED) is 0.125. The first-order valence-electron chi connectivity index (χ1n) is 11.8. The summed E-state index contributed by atoms with van der Waals surface area (Å²) in [6, 6.07) is 3.88. The number of benzene rings is 1. The number of amides is 6. The molecule has 214 valence electrons. The third-order valence-corrected chi connectivity index (χ3v) is 9.12.